The van der Waals surface area contributed by atoms with Gasteiger partial charge in [0.25, 0.3) is 5.91 Å². The predicted molar refractivity (Wildman–Crippen MR) is 79.0 cm³/mol. The van der Waals surface area contributed by atoms with E-state index in [4.69, 9.17) is 9.84 Å². The Bertz CT molecular complexity index is 553. The van der Waals surface area contributed by atoms with Crippen molar-refractivity contribution in [1.82, 2.24) is 5.32 Å². The zero-order chi connectivity index (χ0) is 15.2. The molecule has 0 bridgehead atoms. The molecule has 0 radical (unpaired) electrons. The smallest absolute Gasteiger partial charge is 0.328 e. The fraction of sp³-hybridized carbons (Fsp3) is 0.375. The number of aliphatic carboxylic acids is 1. The van der Waals surface area contributed by atoms with E-state index in [-0.39, 0.29) is 18.1 Å². The van der Waals surface area contributed by atoms with Gasteiger partial charge in [-0.3, -0.25) is 4.79 Å². The molecule has 1 aromatic carbocycles. The Morgan fingerprint density at radius 3 is 2.86 bits per heavy atom. The minimum atomic E-state index is -1.01. The summed E-state index contributed by atoms with van der Waals surface area (Å²) < 4.78 is 5.29. The number of hydrogen-bond acceptors (Lipinski definition) is 3. The van der Waals surface area contributed by atoms with E-state index in [1.165, 1.54) is 6.08 Å². The number of methoxy groups -OCH3 is 1. The average Bonchev–Trinajstić information content (AvgIpc) is 2.93. The first-order valence-corrected chi connectivity index (χ1v) is 6.93. The van der Waals surface area contributed by atoms with E-state index < -0.39 is 5.97 Å². The summed E-state index contributed by atoms with van der Waals surface area (Å²) >= 11 is 0. The average molecular weight is 289 g/mol. The third-order valence-electron chi connectivity index (χ3n) is 3.62. The summed E-state index contributed by atoms with van der Waals surface area (Å²) in [6.07, 6.45) is 5.46. The quantitative estimate of drug-likeness (QED) is 0.814. The highest BCUT2D eigenvalue weighted by atomic mass is 16.5. The molecule has 1 aliphatic rings. The summed E-state index contributed by atoms with van der Waals surface area (Å²) in [5.74, 6) is -1.15. The second-order valence-electron chi connectivity index (χ2n) is 5.14. The zero-order valence-electron chi connectivity index (χ0n) is 11.9. The van der Waals surface area contributed by atoms with Gasteiger partial charge in [0.1, 0.15) is 0 Å². The summed E-state index contributed by atoms with van der Waals surface area (Å²) in [4.78, 5) is 22.7. The number of hydrogen-bond donors (Lipinski definition) is 2. The predicted octanol–water partition coefficient (Wildman–Crippen LogP) is 2.08. The first kappa shape index (κ1) is 15.3. The Labute approximate surface area is 123 Å². The van der Waals surface area contributed by atoms with E-state index in [2.05, 4.69) is 5.32 Å². The van der Waals surface area contributed by atoms with Crippen LogP contribution in [0.5, 0.6) is 0 Å². The molecule has 0 aliphatic heterocycles. The van der Waals surface area contributed by atoms with Gasteiger partial charge in [-0.05, 0) is 43.0 Å². The number of carbonyl (C=O) groups excluding carboxylic acids is 1. The lowest BCUT2D eigenvalue weighted by atomic mass is 10.1. The normalized spacial score (nSPS) is 21.6. The molecule has 21 heavy (non-hydrogen) atoms. The Morgan fingerprint density at radius 1 is 1.38 bits per heavy atom. The molecular weight excluding hydrogens is 270 g/mol. The van der Waals surface area contributed by atoms with E-state index in [0.717, 1.165) is 25.3 Å². The van der Waals surface area contributed by atoms with Crippen LogP contribution < -0.4 is 5.32 Å². The maximum atomic E-state index is 12.2. The standard InChI is InChI=1S/C16H19NO4/c1-21-14-7-6-13(10-14)17-16(20)12-4-2-3-11(9-12)5-8-15(18)19/h2-5,8-9,13-14H,6-7,10H2,1H3,(H,17,20)(H,18,19)/b8-5+. The summed E-state index contributed by atoms with van der Waals surface area (Å²) in [6, 6.07) is 7.03. The van der Waals surface area contributed by atoms with Crippen LogP contribution in [0.1, 0.15) is 35.2 Å². The number of rotatable bonds is 5. The van der Waals surface area contributed by atoms with Crippen LogP contribution in [0.4, 0.5) is 0 Å². The van der Waals surface area contributed by atoms with Gasteiger partial charge in [-0.2, -0.15) is 0 Å². The van der Waals surface area contributed by atoms with Crippen LogP contribution >= 0.6 is 0 Å². The molecule has 0 spiro atoms. The number of carboxylic acids is 1. The fourth-order valence-corrected chi connectivity index (χ4v) is 2.51. The monoisotopic (exact) mass is 289 g/mol. The Morgan fingerprint density at radius 2 is 2.19 bits per heavy atom. The molecule has 2 N–H and O–H groups in total. The number of benzene rings is 1. The van der Waals surface area contributed by atoms with E-state index in [1.54, 1.807) is 31.4 Å². The molecule has 2 atom stereocenters. The van der Waals surface area contributed by atoms with Crippen molar-refractivity contribution in [3.05, 3.63) is 41.5 Å². The van der Waals surface area contributed by atoms with Gasteiger partial charge in [-0.25, -0.2) is 4.79 Å². The summed E-state index contributed by atoms with van der Waals surface area (Å²) in [5, 5.41) is 11.6. The Kier molecular flexibility index (Phi) is 5.11. The lowest BCUT2D eigenvalue weighted by Gasteiger charge is -2.13. The maximum Gasteiger partial charge on any atom is 0.328 e. The molecule has 5 heteroatoms. The number of nitrogens with one attached hydrogen (secondary N) is 1. The van der Waals surface area contributed by atoms with E-state index in [9.17, 15) is 9.59 Å². The minimum Gasteiger partial charge on any atom is -0.478 e. The molecule has 0 heterocycles. The Balaban J connectivity index is 1.99. The highest BCUT2D eigenvalue weighted by Gasteiger charge is 2.25. The second-order valence-corrected chi connectivity index (χ2v) is 5.14. The topological polar surface area (TPSA) is 75.6 Å². The molecule has 2 rings (SSSR count). The van der Waals surface area contributed by atoms with E-state index >= 15 is 0 Å². The molecule has 1 fully saturated rings. The van der Waals surface area contributed by atoms with Crippen LogP contribution in [0.2, 0.25) is 0 Å². The van der Waals surface area contributed by atoms with Crippen molar-refractivity contribution in [2.75, 3.05) is 7.11 Å². The zero-order valence-corrected chi connectivity index (χ0v) is 11.9. The molecular formula is C16H19NO4. The molecule has 0 aromatic heterocycles. The van der Waals surface area contributed by atoms with Gasteiger partial charge >= 0.3 is 5.97 Å². The molecule has 1 aromatic rings. The van der Waals surface area contributed by atoms with Gasteiger partial charge < -0.3 is 15.2 Å². The van der Waals surface area contributed by atoms with Crippen LogP contribution in [-0.4, -0.2) is 36.2 Å². The van der Waals surface area contributed by atoms with E-state index in [0.29, 0.717) is 11.1 Å². The molecule has 1 amide bonds. The van der Waals surface area contributed by atoms with Crippen LogP contribution in [0.15, 0.2) is 30.3 Å². The van der Waals surface area contributed by atoms with Gasteiger partial charge in [-0.15, -0.1) is 0 Å². The molecule has 2 unspecified atom stereocenters. The SMILES string of the molecule is COC1CCC(NC(=O)c2cccc(/C=C/C(=O)O)c2)C1. The largest absolute Gasteiger partial charge is 0.478 e. The van der Waals surface area contributed by atoms with Gasteiger partial charge in [-0.1, -0.05) is 12.1 Å². The van der Waals surface area contributed by atoms with Crippen molar-refractivity contribution in [2.24, 2.45) is 0 Å². The van der Waals surface area contributed by atoms with E-state index in [1.807, 2.05) is 0 Å². The first-order chi connectivity index (χ1) is 10.1. The molecule has 1 aliphatic carbocycles. The number of carbonyl (C=O) groups is 2. The van der Waals surface area contributed by atoms with Crippen LogP contribution in [-0.2, 0) is 9.53 Å². The molecule has 112 valence electrons. The number of carboxylic acid groups (broad SMARTS) is 1. The third-order valence-corrected chi connectivity index (χ3v) is 3.62. The highest BCUT2D eigenvalue weighted by molar-refractivity contribution is 5.95. The second kappa shape index (κ2) is 7.04. The number of ether oxygens (including phenoxy) is 1. The van der Waals surface area contributed by atoms with Crippen molar-refractivity contribution in [2.45, 2.75) is 31.4 Å². The first-order valence-electron chi connectivity index (χ1n) is 6.93. The maximum absolute atomic E-state index is 12.2. The van der Waals surface area contributed by atoms with Gasteiger partial charge in [0.05, 0.1) is 6.10 Å². The van der Waals surface area contributed by atoms with Gasteiger partial charge in [0.2, 0.25) is 0 Å². The summed E-state index contributed by atoms with van der Waals surface area (Å²) in [6.45, 7) is 0. The molecule has 0 saturated heterocycles. The van der Waals surface area contributed by atoms with Gasteiger partial charge in [0, 0.05) is 24.8 Å². The summed E-state index contributed by atoms with van der Waals surface area (Å²) in [5.41, 5.74) is 1.22. The lowest BCUT2D eigenvalue weighted by molar-refractivity contribution is -0.131. The van der Waals surface area contributed by atoms with Crippen molar-refractivity contribution in [3.8, 4) is 0 Å². The summed E-state index contributed by atoms with van der Waals surface area (Å²) in [7, 11) is 1.69. The number of amides is 1. The lowest BCUT2D eigenvalue weighted by Crippen LogP contribution is -2.33. The van der Waals surface area contributed by atoms with Crippen LogP contribution in [0.3, 0.4) is 0 Å². The van der Waals surface area contributed by atoms with Crippen molar-refractivity contribution < 1.29 is 19.4 Å². The minimum absolute atomic E-state index is 0.137. The third kappa shape index (κ3) is 4.43. The van der Waals surface area contributed by atoms with Crippen molar-refractivity contribution in [1.29, 1.82) is 0 Å². The fourth-order valence-electron chi connectivity index (χ4n) is 2.51. The molecule has 5 nitrogen and oxygen atoms in total. The van der Waals surface area contributed by atoms with Crippen molar-refractivity contribution in [3.63, 3.8) is 0 Å². The van der Waals surface area contributed by atoms with Gasteiger partial charge in [0.15, 0.2) is 0 Å². The van der Waals surface area contributed by atoms with Crippen LogP contribution in [0, 0.1) is 0 Å². The van der Waals surface area contributed by atoms with Crippen LogP contribution in [0.25, 0.3) is 6.08 Å². The highest BCUT2D eigenvalue weighted by Crippen LogP contribution is 2.21. The Hall–Kier alpha value is -2.14. The molecule has 1 saturated carbocycles. The van der Waals surface area contributed by atoms with Crippen molar-refractivity contribution >= 4 is 18.0 Å².